The molecule has 0 bridgehead atoms. The molecule has 0 atom stereocenters. The van der Waals surface area contributed by atoms with Crippen molar-refractivity contribution in [3.8, 4) is 10.6 Å². The van der Waals surface area contributed by atoms with Crippen molar-refractivity contribution in [2.45, 2.75) is 11.7 Å². The van der Waals surface area contributed by atoms with Crippen LogP contribution in [0.2, 0.25) is 0 Å². The van der Waals surface area contributed by atoms with Crippen LogP contribution in [-0.2, 0) is 11.3 Å². The summed E-state index contributed by atoms with van der Waals surface area (Å²) in [5.41, 5.74) is 1.50. The molecule has 0 unspecified atom stereocenters. The van der Waals surface area contributed by atoms with Crippen LogP contribution in [0.5, 0.6) is 0 Å². The number of halogens is 1. The standard InChI is InChI=1S/C18H14FN5O2S2/c19-12-5-3-11(4-6-12)9-20-16(25)10-28-18-22-21-17(26)14-8-13(23-24(14)18)15-2-1-7-27-15/h1-8H,9-10H2,(H,20,25)(H,21,26). The van der Waals surface area contributed by atoms with Crippen molar-refractivity contribution >= 4 is 34.5 Å². The first-order chi connectivity index (χ1) is 13.6. The maximum absolute atomic E-state index is 12.9. The number of hydrogen-bond acceptors (Lipinski definition) is 6. The van der Waals surface area contributed by atoms with Crippen molar-refractivity contribution in [3.05, 3.63) is 69.6 Å². The van der Waals surface area contributed by atoms with Crippen molar-refractivity contribution in [3.63, 3.8) is 0 Å². The summed E-state index contributed by atoms with van der Waals surface area (Å²) < 4.78 is 14.4. The fraction of sp³-hybridized carbons (Fsp3) is 0.111. The monoisotopic (exact) mass is 415 g/mol. The molecule has 28 heavy (non-hydrogen) atoms. The number of thiophene rings is 1. The molecular weight excluding hydrogens is 401 g/mol. The number of hydrogen-bond donors (Lipinski definition) is 2. The minimum atomic E-state index is -0.347. The van der Waals surface area contributed by atoms with Gasteiger partial charge in [-0.1, -0.05) is 30.0 Å². The van der Waals surface area contributed by atoms with Crippen LogP contribution in [0.15, 0.2) is 57.8 Å². The molecule has 4 rings (SSSR count). The molecule has 142 valence electrons. The summed E-state index contributed by atoms with van der Waals surface area (Å²) in [6.45, 7) is 0.304. The van der Waals surface area contributed by atoms with Crippen LogP contribution in [0.1, 0.15) is 5.56 Å². The second kappa shape index (κ2) is 7.95. The second-order valence-corrected chi connectivity index (χ2v) is 7.72. The number of benzene rings is 1. The van der Waals surface area contributed by atoms with Gasteiger partial charge in [0.2, 0.25) is 11.1 Å². The van der Waals surface area contributed by atoms with E-state index < -0.39 is 0 Å². The molecule has 2 N–H and O–H groups in total. The highest BCUT2D eigenvalue weighted by Crippen LogP contribution is 2.25. The summed E-state index contributed by atoms with van der Waals surface area (Å²) in [5, 5.41) is 16.0. The Bertz CT molecular complexity index is 1170. The van der Waals surface area contributed by atoms with Crippen LogP contribution < -0.4 is 10.9 Å². The number of nitrogens with zero attached hydrogens (tertiary/aromatic N) is 3. The fourth-order valence-electron chi connectivity index (χ4n) is 2.51. The number of aromatic amines is 1. The molecule has 3 aromatic heterocycles. The van der Waals surface area contributed by atoms with E-state index in [4.69, 9.17) is 0 Å². The average Bonchev–Trinajstić information content (AvgIpc) is 3.37. The first-order valence-corrected chi connectivity index (χ1v) is 10.1. The number of carbonyl (C=O) groups excluding carboxylic acids is 1. The van der Waals surface area contributed by atoms with Gasteiger partial charge in [0.1, 0.15) is 17.0 Å². The molecule has 0 radical (unpaired) electrons. The van der Waals surface area contributed by atoms with Crippen molar-refractivity contribution < 1.29 is 9.18 Å². The summed E-state index contributed by atoms with van der Waals surface area (Å²) >= 11 is 2.69. The maximum Gasteiger partial charge on any atom is 0.290 e. The van der Waals surface area contributed by atoms with Gasteiger partial charge in [-0.3, -0.25) is 9.59 Å². The molecule has 0 aliphatic heterocycles. The molecule has 0 aliphatic carbocycles. The third kappa shape index (κ3) is 3.97. The van der Waals surface area contributed by atoms with E-state index in [1.165, 1.54) is 39.7 Å². The minimum Gasteiger partial charge on any atom is -0.351 e. The van der Waals surface area contributed by atoms with E-state index in [0.717, 1.165) is 10.4 Å². The minimum absolute atomic E-state index is 0.101. The summed E-state index contributed by atoms with van der Waals surface area (Å²) in [6.07, 6.45) is 0. The van der Waals surface area contributed by atoms with Gasteiger partial charge >= 0.3 is 0 Å². The highest BCUT2D eigenvalue weighted by molar-refractivity contribution is 7.99. The van der Waals surface area contributed by atoms with Crippen molar-refractivity contribution in [1.29, 1.82) is 0 Å². The molecule has 1 aromatic carbocycles. The molecule has 1 amide bonds. The smallest absolute Gasteiger partial charge is 0.290 e. The Labute approximate surface area is 166 Å². The Morgan fingerprint density at radius 3 is 2.86 bits per heavy atom. The summed E-state index contributed by atoms with van der Waals surface area (Å²) in [7, 11) is 0. The van der Waals surface area contributed by atoms with Crippen LogP contribution >= 0.6 is 23.1 Å². The highest BCUT2D eigenvalue weighted by atomic mass is 32.2. The predicted octanol–water partition coefficient (Wildman–Crippen LogP) is 2.69. The number of carbonyl (C=O) groups is 1. The third-order valence-corrected chi connectivity index (χ3v) is 5.71. The number of thioether (sulfide) groups is 1. The quantitative estimate of drug-likeness (QED) is 0.473. The Balaban J connectivity index is 1.45. The van der Waals surface area contributed by atoms with Gasteiger partial charge in [0, 0.05) is 6.54 Å². The van der Waals surface area contributed by atoms with Crippen LogP contribution in [-0.4, -0.2) is 31.5 Å². The van der Waals surface area contributed by atoms with Gasteiger partial charge < -0.3 is 5.32 Å². The normalized spacial score (nSPS) is 11.0. The van der Waals surface area contributed by atoms with Crippen molar-refractivity contribution in [2.24, 2.45) is 0 Å². The van der Waals surface area contributed by atoms with Crippen molar-refractivity contribution in [2.75, 3.05) is 5.75 Å². The zero-order chi connectivity index (χ0) is 19.5. The zero-order valence-corrected chi connectivity index (χ0v) is 16.0. The van der Waals surface area contributed by atoms with E-state index in [1.54, 1.807) is 18.2 Å². The number of aromatic nitrogens is 4. The molecule has 4 aromatic rings. The van der Waals surface area contributed by atoms with Crippen molar-refractivity contribution in [1.82, 2.24) is 25.1 Å². The van der Waals surface area contributed by atoms with Gasteiger partial charge in [-0.15, -0.1) is 16.4 Å². The summed E-state index contributed by atoms with van der Waals surface area (Å²) in [4.78, 5) is 25.1. The first-order valence-electron chi connectivity index (χ1n) is 8.26. The lowest BCUT2D eigenvalue weighted by Crippen LogP contribution is -2.25. The lowest BCUT2D eigenvalue weighted by Gasteiger charge is -2.05. The van der Waals surface area contributed by atoms with Gasteiger partial charge in [0.25, 0.3) is 5.56 Å². The van der Waals surface area contributed by atoms with E-state index in [1.807, 2.05) is 17.5 Å². The number of amides is 1. The molecular formula is C18H14FN5O2S2. The SMILES string of the molecule is O=C(CSc1n[nH]c(=O)c2cc(-c3cccs3)nn12)NCc1ccc(F)cc1. The third-order valence-electron chi connectivity index (χ3n) is 3.89. The van der Waals surface area contributed by atoms with Gasteiger partial charge in [-0.25, -0.2) is 14.0 Å². The number of nitrogens with one attached hydrogen (secondary N) is 2. The zero-order valence-electron chi connectivity index (χ0n) is 14.4. The highest BCUT2D eigenvalue weighted by Gasteiger charge is 2.14. The Morgan fingerprint density at radius 1 is 1.29 bits per heavy atom. The summed E-state index contributed by atoms with van der Waals surface area (Å²) in [6, 6.07) is 11.5. The van der Waals surface area contributed by atoms with Gasteiger partial charge in [0.15, 0.2) is 0 Å². The Kier molecular flexibility index (Phi) is 5.22. The lowest BCUT2D eigenvalue weighted by atomic mass is 10.2. The van der Waals surface area contributed by atoms with E-state index in [9.17, 15) is 14.0 Å². The summed E-state index contributed by atoms with van der Waals surface area (Å²) in [5.74, 6) is -0.426. The Hall–Kier alpha value is -2.98. The van der Waals surface area contributed by atoms with Crippen LogP contribution in [0, 0.1) is 5.82 Å². The van der Waals surface area contributed by atoms with E-state index >= 15 is 0 Å². The number of rotatable bonds is 6. The average molecular weight is 415 g/mol. The van der Waals surface area contributed by atoms with Crippen LogP contribution in [0.3, 0.4) is 0 Å². The first kappa shape index (κ1) is 18.4. The molecule has 10 heteroatoms. The van der Waals surface area contributed by atoms with Crippen LogP contribution in [0.4, 0.5) is 4.39 Å². The fourth-order valence-corrected chi connectivity index (χ4v) is 3.93. The topological polar surface area (TPSA) is 92.2 Å². The molecule has 0 aliphatic rings. The Morgan fingerprint density at radius 2 is 2.11 bits per heavy atom. The molecule has 0 saturated heterocycles. The number of H-pyrrole nitrogens is 1. The van der Waals surface area contributed by atoms with Crippen LogP contribution in [0.25, 0.3) is 16.1 Å². The van der Waals surface area contributed by atoms with E-state index in [2.05, 4.69) is 20.6 Å². The molecule has 0 saturated carbocycles. The largest absolute Gasteiger partial charge is 0.351 e. The maximum atomic E-state index is 12.9. The van der Waals surface area contributed by atoms with Gasteiger partial charge in [-0.05, 0) is 35.2 Å². The molecule has 0 fully saturated rings. The molecule has 0 spiro atoms. The molecule has 3 heterocycles. The predicted molar refractivity (Wildman–Crippen MR) is 106 cm³/mol. The second-order valence-electron chi connectivity index (χ2n) is 5.83. The van der Waals surface area contributed by atoms with Gasteiger partial charge in [-0.2, -0.15) is 5.10 Å². The van der Waals surface area contributed by atoms with E-state index in [-0.39, 0.29) is 23.0 Å². The van der Waals surface area contributed by atoms with E-state index in [0.29, 0.717) is 22.9 Å². The molecule has 7 nitrogen and oxygen atoms in total. The van der Waals surface area contributed by atoms with Gasteiger partial charge in [0.05, 0.1) is 10.6 Å². The lowest BCUT2D eigenvalue weighted by molar-refractivity contribution is -0.118. The number of fused-ring (bicyclic) bond motifs is 1.